The maximum atomic E-state index is 4.90. The smallest absolute Gasteiger partial charge is 0.161 e. The predicted molar refractivity (Wildman–Crippen MR) is 118 cm³/mol. The van der Waals surface area contributed by atoms with E-state index >= 15 is 0 Å². The van der Waals surface area contributed by atoms with E-state index in [9.17, 15) is 0 Å². The second kappa shape index (κ2) is 7.10. The molecule has 0 radical (unpaired) electrons. The highest BCUT2D eigenvalue weighted by molar-refractivity contribution is 5.94. The number of piperazine rings is 1. The molecule has 1 saturated heterocycles. The molecule has 0 atom stereocenters. The largest absolute Gasteiger partial charge is 0.366 e. The van der Waals surface area contributed by atoms with E-state index in [0.29, 0.717) is 17.2 Å². The predicted octanol–water partition coefficient (Wildman–Crippen LogP) is 2.10. The molecule has 0 spiro atoms. The van der Waals surface area contributed by atoms with Gasteiger partial charge in [0.2, 0.25) is 0 Å². The van der Waals surface area contributed by atoms with Crippen LogP contribution in [0.2, 0.25) is 0 Å². The first kappa shape index (κ1) is 17.9. The summed E-state index contributed by atoms with van der Waals surface area (Å²) in [6.07, 6.45) is 8.70. The lowest BCUT2D eigenvalue weighted by molar-refractivity contribution is 0.313. The first-order valence-electron chi connectivity index (χ1n) is 10.2. The molecule has 1 fully saturated rings. The maximum absolute atomic E-state index is 4.90. The number of imidazole rings is 1. The van der Waals surface area contributed by atoms with E-state index in [1.165, 1.54) is 0 Å². The summed E-state index contributed by atoms with van der Waals surface area (Å²) in [7, 11) is 2.15. The summed E-state index contributed by atoms with van der Waals surface area (Å²) in [5.41, 5.74) is 6.50. The van der Waals surface area contributed by atoms with E-state index in [1.54, 1.807) is 24.8 Å². The van der Waals surface area contributed by atoms with Crippen LogP contribution in [0.3, 0.4) is 0 Å². The van der Waals surface area contributed by atoms with Gasteiger partial charge in [-0.05, 0) is 19.2 Å². The molecular formula is C21H20N10. The Hall–Kier alpha value is -3.92. The number of fused-ring (bicyclic) bond motifs is 2. The molecule has 154 valence electrons. The second-order valence-corrected chi connectivity index (χ2v) is 7.69. The van der Waals surface area contributed by atoms with E-state index in [4.69, 9.17) is 9.97 Å². The van der Waals surface area contributed by atoms with Crippen LogP contribution in [0, 0.1) is 0 Å². The molecule has 1 aliphatic rings. The van der Waals surface area contributed by atoms with Crippen molar-refractivity contribution in [2.45, 2.75) is 0 Å². The van der Waals surface area contributed by atoms with Gasteiger partial charge in [-0.25, -0.2) is 9.97 Å². The summed E-state index contributed by atoms with van der Waals surface area (Å²) in [5.74, 6) is 0.661. The Kier molecular flexibility index (Phi) is 4.10. The number of aromatic nitrogens is 8. The lowest BCUT2D eigenvalue weighted by Gasteiger charge is -2.33. The van der Waals surface area contributed by atoms with Crippen LogP contribution >= 0.6 is 0 Å². The molecule has 1 aliphatic heterocycles. The van der Waals surface area contributed by atoms with Gasteiger partial charge >= 0.3 is 0 Å². The molecule has 5 aromatic heterocycles. The summed E-state index contributed by atoms with van der Waals surface area (Å²) in [6.45, 7) is 3.95. The van der Waals surface area contributed by atoms with Crippen molar-refractivity contribution >= 4 is 27.8 Å². The van der Waals surface area contributed by atoms with Gasteiger partial charge in [0, 0.05) is 38.6 Å². The first-order chi connectivity index (χ1) is 15.3. The second-order valence-electron chi connectivity index (χ2n) is 7.69. The van der Waals surface area contributed by atoms with Gasteiger partial charge in [-0.2, -0.15) is 5.10 Å². The van der Waals surface area contributed by atoms with Gasteiger partial charge in [0.05, 0.1) is 41.0 Å². The number of nitrogens with zero attached hydrogens (tertiary/aromatic N) is 8. The van der Waals surface area contributed by atoms with Crippen molar-refractivity contribution in [2.75, 3.05) is 38.1 Å². The van der Waals surface area contributed by atoms with Crippen molar-refractivity contribution in [3.8, 4) is 22.9 Å². The molecule has 6 rings (SSSR count). The molecule has 0 saturated carbocycles. The number of pyridine rings is 2. The molecule has 10 nitrogen and oxygen atoms in total. The fourth-order valence-electron chi connectivity index (χ4n) is 3.95. The van der Waals surface area contributed by atoms with Crippen molar-refractivity contribution in [2.24, 2.45) is 0 Å². The van der Waals surface area contributed by atoms with E-state index < -0.39 is 0 Å². The molecule has 10 heteroatoms. The fraction of sp³-hybridized carbons (Fsp3) is 0.238. The van der Waals surface area contributed by atoms with Gasteiger partial charge < -0.3 is 14.8 Å². The molecule has 2 N–H and O–H groups in total. The third kappa shape index (κ3) is 3.08. The molecule has 0 aromatic carbocycles. The summed E-state index contributed by atoms with van der Waals surface area (Å²) in [5, 5.41) is 7.54. The Morgan fingerprint density at radius 3 is 2.58 bits per heavy atom. The molecule has 0 amide bonds. The molecular weight excluding hydrogens is 392 g/mol. The Morgan fingerprint density at radius 2 is 1.74 bits per heavy atom. The standard InChI is InChI=1S/C21H20N10/c1-30-6-8-31(9-7-30)17-12-23-11-16-18(17)27-21(26-16)20-19-14(28-29-20)3-2-13(25-19)15-10-22-4-5-24-15/h2-5,10-12H,6-9H2,1H3,(H,26,27)(H,28,29). The van der Waals surface area contributed by atoms with Crippen LogP contribution in [-0.4, -0.2) is 78.2 Å². The summed E-state index contributed by atoms with van der Waals surface area (Å²) in [4.78, 5) is 30.7. The minimum atomic E-state index is 0.661. The monoisotopic (exact) mass is 412 g/mol. The van der Waals surface area contributed by atoms with Crippen molar-refractivity contribution in [3.63, 3.8) is 0 Å². The third-order valence-corrected chi connectivity index (χ3v) is 5.68. The number of hydrogen-bond acceptors (Lipinski definition) is 8. The highest BCUT2D eigenvalue weighted by atomic mass is 15.3. The van der Waals surface area contributed by atoms with E-state index in [0.717, 1.165) is 59.6 Å². The highest BCUT2D eigenvalue weighted by Gasteiger charge is 2.21. The summed E-state index contributed by atoms with van der Waals surface area (Å²) >= 11 is 0. The Balaban J connectivity index is 1.44. The zero-order valence-corrected chi connectivity index (χ0v) is 16.9. The Morgan fingerprint density at radius 1 is 0.839 bits per heavy atom. The fourth-order valence-corrected chi connectivity index (χ4v) is 3.95. The zero-order valence-electron chi connectivity index (χ0n) is 16.9. The number of hydrogen-bond donors (Lipinski definition) is 2. The average molecular weight is 412 g/mol. The van der Waals surface area contributed by atoms with Crippen molar-refractivity contribution in [1.82, 2.24) is 45.0 Å². The van der Waals surface area contributed by atoms with Crippen LogP contribution in [0.5, 0.6) is 0 Å². The maximum Gasteiger partial charge on any atom is 0.161 e. The average Bonchev–Trinajstić information content (AvgIpc) is 3.43. The number of rotatable bonds is 3. The minimum Gasteiger partial charge on any atom is -0.366 e. The molecule has 0 unspecified atom stereocenters. The molecule has 5 aromatic rings. The normalized spacial score (nSPS) is 15.2. The van der Waals surface area contributed by atoms with Gasteiger partial charge in [0.15, 0.2) is 11.5 Å². The number of anilines is 1. The number of likely N-dealkylation sites (N-methyl/N-ethyl adjacent to an activating group) is 1. The van der Waals surface area contributed by atoms with Crippen LogP contribution in [0.1, 0.15) is 0 Å². The van der Waals surface area contributed by atoms with Crippen molar-refractivity contribution in [3.05, 3.63) is 43.1 Å². The number of nitrogens with one attached hydrogen (secondary N) is 2. The van der Waals surface area contributed by atoms with Crippen molar-refractivity contribution < 1.29 is 0 Å². The first-order valence-corrected chi connectivity index (χ1v) is 10.2. The Bertz CT molecular complexity index is 1370. The van der Waals surface area contributed by atoms with E-state index in [2.05, 4.69) is 47.0 Å². The number of H-pyrrole nitrogens is 2. The van der Waals surface area contributed by atoms with E-state index in [-0.39, 0.29) is 0 Å². The van der Waals surface area contributed by atoms with Crippen LogP contribution in [-0.2, 0) is 0 Å². The number of aromatic amines is 2. The van der Waals surface area contributed by atoms with Crippen LogP contribution < -0.4 is 4.90 Å². The molecule has 0 bridgehead atoms. The van der Waals surface area contributed by atoms with Gasteiger partial charge in [-0.1, -0.05) is 0 Å². The van der Waals surface area contributed by atoms with Crippen molar-refractivity contribution in [1.29, 1.82) is 0 Å². The van der Waals surface area contributed by atoms with E-state index in [1.807, 2.05) is 18.3 Å². The Labute approximate surface area is 177 Å². The van der Waals surface area contributed by atoms with Gasteiger partial charge in [0.25, 0.3) is 0 Å². The minimum absolute atomic E-state index is 0.661. The third-order valence-electron chi connectivity index (χ3n) is 5.68. The SMILES string of the molecule is CN1CCN(c2cncc3[nH]c(-c4n[nH]c5ccc(-c6cnccn6)nc45)nc23)CC1. The summed E-state index contributed by atoms with van der Waals surface area (Å²) < 4.78 is 0. The van der Waals surface area contributed by atoms with Crippen LogP contribution in [0.25, 0.3) is 45.0 Å². The summed E-state index contributed by atoms with van der Waals surface area (Å²) in [6, 6.07) is 3.85. The topological polar surface area (TPSA) is 115 Å². The lowest BCUT2D eigenvalue weighted by atomic mass is 10.2. The highest BCUT2D eigenvalue weighted by Crippen LogP contribution is 2.30. The van der Waals surface area contributed by atoms with Gasteiger partial charge in [-0.15, -0.1) is 0 Å². The quantitative estimate of drug-likeness (QED) is 0.463. The molecule has 31 heavy (non-hydrogen) atoms. The zero-order chi connectivity index (χ0) is 20.8. The van der Waals surface area contributed by atoms with Crippen LogP contribution in [0.4, 0.5) is 5.69 Å². The molecule has 0 aliphatic carbocycles. The van der Waals surface area contributed by atoms with Gasteiger partial charge in [-0.3, -0.25) is 20.1 Å². The lowest BCUT2D eigenvalue weighted by Crippen LogP contribution is -2.44. The van der Waals surface area contributed by atoms with Gasteiger partial charge in [0.1, 0.15) is 16.7 Å². The van der Waals surface area contributed by atoms with Crippen LogP contribution in [0.15, 0.2) is 43.1 Å². The molecule has 6 heterocycles.